The van der Waals surface area contributed by atoms with Crippen LogP contribution in [0.2, 0.25) is 0 Å². The van der Waals surface area contributed by atoms with Crippen molar-refractivity contribution in [3.8, 4) is 0 Å². The molecule has 0 aliphatic carbocycles. The van der Waals surface area contributed by atoms with E-state index in [4.69, 9.17) is 9.47 Å². The maximum atomic E-state index is 10.6. The molecule has 4 nitrogen and oxygen atoms in total. The molecule has 1 rings (SSSR count). The second-order valence-corrected chi connectivity index (χ2v) is 2.14. The summed E-state index contributed by atoms with van der Waals surface area (Å²) in [6.07, 6.45) is 0.392. The summed E-state index contributed by atoms with van der Waals surface area (Å²) in [5.74, 6) is 0. The molecule has 0 aromatic heterocycles. The second-order valence-electron chi connectivity index (χ2n) is 2.14. The van der Waals surface area contributed by atoms with Gasteiger partial charge in [0.2, 0.25) is 0 Å². The number of rotatable bonds is 1. The summed E-state index contributed by atoms with van der Waals surface area (Å²) in [6.45, 7) is 1.23. The molecular weight excluding hydrogens is 134 g/mol. The van der Waals surface area contributed by atoms with E-state index in [0.29, 0.717) is 13.2 Å². The van der Waals surface area contributed by atoms with Crippen molar-refractivity contribution in [2.75, 3.05) is 20.3 Å². The summed E-state index contributed by atoms with van der Waals surface area (Å²) in [6, 6.07) is 0. The lowest BCUT2D eigenvalue weighted by Gasteiger charge is -2.07. The minimum Gasteiger partial charge on any atom is -0.444 e. The molecule has 0 radical (unpaired) electrons. The average molecular weight is 147 g/mol. The number of carbonyl (C=O) groups excluding carboxylic acids is 1. The van der Waals surface area contributed by atoms with Crippen molar-refractivity contribution in [2.45, 2.75) is 12.5 Å². The number of amides is 1. The molecule has 0 saturated carbocycles. The third kappa shape index (κ3) is 1.88. The maximum Gasteiger partial charge on any atom is 0.407 e. The van der Waals surface area contributed by atoms with Crippen LogP contribution < -0.4 is 5.32 Å². The summed E-state index contributed by atoms with van der Waals surface area (Å²) in [4.78, 5) is 10.6. The Morgan fingerprint density at radius 1 is 1.90 bits per heavy atom. The molecule has 1 fully saturated rings. The van der Waals surface area contributed by atoms with Gasteiger partial charge in [-0.2, -0.15) is 0 Å². The summed E-state index contributed by atoms with van der Waals surface area (Å²) < 4.78 is 9.88. The monoisotopic (exact) mass is 147 g/mol. The molecule has 1 unspecified atom stereocenters. The third-order valence-corrected chi connectivity index (χ3v) is 1.37. The molecular formula is C6H13NO3. The van der Waals surface area contributed by atoms with Crippen molar-refractivity contribution >= 4 is 6.09 Å². The molecule has 1 saturated heterocycles. The van der Waals surface area contributed by atoms with E-state index in [2.05, 4.69) is 5.32 Å². The van der Waals surface area contributed by atoms with Gasteiger partial charge in [0.05, 0.1) is 13.2 Å². The Bertz CT molecular complexity index is 125. The number of hydrogen-bond acceptors (Lipinski definition) is 3. The third-order valence-electron chi connectivity index (χ3n) is 1.37. The molecule has 1 heterocycles. The van der Waals surface area contributed by atoms with Crippen molar-refractivity contribution in [1.29, 1.82) is 0 Å². The highest BCUT2D eigenvalue weighted by Gasteiger charge is 2.18. The van der Waals surface area contributed by atoms with Crippen molar-refractivity contribution in [1.82, 2.24) is 5.32 Å². The molecule has 1 N–H and O–H groups in total. The number of ether oxygens (including phenoxy) is 2. The van der Waals surface area contributed by atoms with Gasteiger partial charge in [0.25, 0.3) is 0 Å². The fourth-order valence-corrected chi connectivity index (χ4v) is 0.816. The zero-order chi connectivity index (χ0) is 7.40. The Balaban J connectivity index is 0.000001000. The molecule has 60 valence electrons. The number of alkyl carbamates (subject to hydrolysis) is 1. The van der Waals surface area contributed by atoms with Crippen LogP contribution in [0.5, 0.6) is 0 Å². The summed E-state index contributed by atoms with van der Waals surface area (Å²) in [5, 5.41) is 2.38. The van der Waals surface area contributed by atoms with E-state index < -0.39 is 0 Å². The first-order valence-electron chi connectivity index (χ1n) is 3.29. The first-order valence-corrected chi connectivity index (χ1v) is 3.29. The fraction of sp³-hybridized carbons (Fsp3) is 0.833. The van der Waals surface area contributed by atoms with Crippen LogP contribution in [-0.4, -0.2) is 32.5 Å². The normalized spacial score (nSPS) is 24.3. The summed E-state index contributed by atoms with van der Waals surface area (Å²) in [5.41, 5.74) is 0. The fourth-order valence-electron chi connectivity index (χ4n) is 0.816. The first kappa shape index (κ1) is 7.34. The van der Waals surface area contributed by atoms with Crippen LogP contribution in [0.1, 0.15) is 7.85 Å². The van der Waals surface area contributed by atoms with E-state index in [1.807, 2.05) is 0 Å². The van der Waals surface area contributed by atoms with E-state index in [0.717, 1.165) is 6.42 Å². The molecule has 0 aromatic carbocycles. The Labute approximate surface area is 61.0 Å². The predicted octanol–water partition coefficient (Wildman–Crippen LogP) is 0.377. The molecule has 10 heavy (non-hydrogen) atoms. The lowest BCUT2D eigenvalue weighted by molar-refractivity contribution is 0.0846. The van der Waals surface area contributed by atoms with Crippen LogP contribution in [0.3, 0.4) is 0 Å². The van der Waals surface area contributed by atoms with Gasteiger partial charge in [-0.3, -0.25) is 0 Å². The molecule has 1 amide bonds. The van der Waals surface area contributed by atoms with Gasteiger partial charge in [-0.1, -0.05) is 0 Å². The van der Waals surface area contributed by atoms with Gasteiger partial charge in [0.15, 0.2) is 0 Å². The first-order chi connectivity index (χ1) is 4.83. The molecule has 0 aromatic rings. The van der Waals surface area contributed by atoms with E-state index in [1.54, 1.807) is 0 Å². The molecule has 1 aliphatic heterocycles. The largest absolute Gasteiger partial charge is 0.444 e. The Morgan fingerprint density at radius 3 is 3.20 bits per heavy atom. The highest BCUT2D eigenvalue weighted by atomic mass is 16.6. The maximum absolute atomic E-state index is 10.6. The van der Waals surface area contributed by atoms with E-state index in [1.165, 1.54) is 7.05 Å². The topological polar surface area (TPSA) is 47.6 Å². The SMILES string of the molecule is CNC(=O)OC1CCOC1.[HH]. The smallest absolute Gasteiger partial charge is 0.407 e. The quantitative estimate of drug-likeness (QED) is 0.583. The van der Waals surface area contributed by atoms with Gasteiger partial charge >= 0.3 is 6.09 Å². The number of carbonyl (C=O) groups is 1. The van der Waals surface area contributed by atoms with Gasteiger partial charge in [-0.25, -0.2) is 4.79 Å². The molecule has 0 spiro atoms. The summed E-state index contributed by atoms with van der Waals surface area (Å²) >= 11 is 0. The zero-order valence-corrected chi connectivity index (χ0v) is 5.92. The van der Waals surface area contributed by atoms with Crippen LogP contribution >= 0.6 is 0 Å². The van der Waals surface area contributed by atoms with Gasteiger partial charge < -0.3 is 14.8 Å². The molecule has 4 heteroatoms. The van der Waals surface area contributed by atoms with E-state index in [-0.39, 0.29) is 13.6 Å². The molecule has 1 aliphatic rings. The van der Waals surface area contributed by atoms with Crippen molar-refractivity contribution in [3.63, 3.8) is 0 Å². The van der Waals surface area contributed by atoms with E-state index in [9.17, 15) is 4.79 Å². The highest BCUT2D eigenvalue weighted by molar-refractivity contribution is 5.66. The van der Waals surface area contributed by atoms with Crippen LogP contribution in [0.15, 0.2) is 0 Å². The highest BCUT2D eigenvalue weighted by Crippen LogP contribution is 2.07. The van der Waals surface area contributed by atoms with Crippen LogP contribution in [-0.2, 0) is 9.47 Å². The van der Waals surface area contributed by atoms with Crippen molar-refractivity contribution < 1.29 is 15.7 Å². The minimum atomic E-state index is -0.379. The Hall–Kier alpha value is -0.770. The molecule has 1 atom stereocenters. The van der Waals surface area contributed by atoms with Crippen LogP contribution in [0.25, 0.3) is 0 Å². The van der Waals surface area contributed by atoms with Gasteiger partial charge in [0.1, 0.15) is 6.10 Å². The lowest BCUT2D eigenvalue weighted by Crippen LogP contribution is -2.25. The second kappa shape index (κ2) is 3.41. The Kier molecular flexibility index (Phi) is 2.50. The van der Waals surface area contributed by atoms with Crippen molar-refractivity contribution in [3.05, 3.63) is 0 Å². The van der Waals surface area contributed by atoms with Crippen molar-refractivity contribution in [2.24, 2.45) is 0 Å². The van der Waals surface area contributed by atoms with Gasteiger partial charge in [0, 0.05) is 14.9 Å². The number of nitrogens with one attached hydrogen (secondary N) is 1. The predicted molar refractivity (Wildman–Crippen MR) is 36.9 cm³/mol. The van der Waals surface area contributed by atoms with Crippen LogP contribution in [0, 0.1) is 0 Å². The zero-order valence-electron chi connectivity index (χ0n) is 5.92. The Morgan fingerprint density at radius 2 is 2.70 bits per heavy atom. The van der Waals surface area contributed by atoms with Gasteiger partial charge in [-0.15, -0.1) is 0 Å². The average Bonchev–Trinajstić information content (AvgIpc) is 2.40. The minimum absolute atomic E-state index is 0. The van der Waals surface area contributed by atoms with Gasteiger partial charge in [-0.05, 0) is 0 Å². The standard InChI is InChI=1S/C6H11NO3.H2/c1-7-6(8)10-5-2-3-9-4-5;/h5H,2-4H2,1H3,(H,7,8);1H. The van der Waals surface area contributed by atoms with Crippen LogP contribution in [0.4, 0.5) is 4.79 Å². The molecule has 0 bridgehead atoms. The van der Waals surface area contributed by atoms with E-state index >= 15 is 0 Å². The summed E-state index contributed by atoms with van der Waals surface area (Å²) in [7, 11) is 1.54. The number of hydrogen-bond donors (Lipinski definition) is 1. The lowest BCUT2D eigenvalue weighted by atomic mass is 10.3.